The maximum atomic E-state index is 13.2. The molecule has 0 radical (unpaired) electrons. The quantitative estimate of drug-likeness (QED) is 0.145. The van der Waals surface area contributed by atoms with Crippen molar-refractivity contribution in [3.05, 3.63) is 118 Å². The smallest absolute Gasteiger partial charge is 0.477 e. The molecule has 0 saturated heterocycles. The van der Waals surface area contributed by atoms with Crippen LogP contribution >= 0.6 is 11.6 Å². The first-order chi connectivity index (χ1) is 21.0. The number of alkyl halides is 3. The van der Waals surface area contributed by atoms with E-state index >= 15 is 0 Å². The van der Waals surface area contributed by atoms with Crippen LogP contribution in [0.15, 0.2) is 84.9 Å². The minimum Gasteiger partial charge on any atom is -0.477 e. The first-order valence-corrected chi connectivity index (χ1v) is 14.3. The van der Waals surface area contributed by atoms with Crippen molar-refractivity contribution in [3.8, 4) is 16.9 Å². The predicted molar refractivity (Wildman–Crippen MR) is 165 cm³/mol. The average molecular weight is 621 g/mol. The monoisotopic (exact) mass is 620 g/mol. The Labute approximate surface area is 256 Å². The summed E-state index contributed by atoms with van der Waals surface area (Å²) in [7, 11) is 0. The minimum absolute atomic E-state index is 0.0152. The van der Waals surface area contributed by atoms with Crippen molar-refractivity contribution < 1.29 is 32.6 Å². The van der Waals surface area contributed by atoms with Gasteiger partial charge in [0.15, 0.2) is 0 Å². The summed E-state index contributed by atoms with van der Waals surface area (Å²) in [5.74, 6) is -2.48. The molecular formula is C34H28ClF3N2O4. The van der Waals surface area contributed by atoms with Crippen LogP contribution in [0.5, 0.6) is 5.75 Å². The number of aromatic amines is 1. The third kappa shape index (κ3) is 7.23. The summed E-state index contributed by atoms with van der Waals surface area (Å²) in [5, 5.41) is 13.8. The molecule has 3 N–H and O–H groups in total. The molecule has 5 rings (SSSR count). The molecule has 0 saturated carbocycles. The van der Waals surface area contributed by atoms with E-state index in [0.29, 0.717) is 22.3 Å². The second-order valence-electron chi connectivity index (χ2n) is 10.4. The molecule has 0 aliphatic rings. The third-order valence-electron chi connectivity index (χ3n) is 7.17. The Balaban J connectivity index is 1.58. The van der Waals surface area contributed by atoms with Crippen molar-refractivity contribution in [3.63, 3.8) is 0 Å². The number of aryl methyl sites for hydroxylation is 1. The molecule has 0 aliphatic carbocycles. The van der Waals surface area contributed by atoms with E-state index in [1.54, 1.807) is 6.07 Å². The molecule has 44 heavy (non-hydrogen) atoms. The Hall–Kier alpha value is -4.76. The molecule has 0 unspecified atom stereocenters. The van der Waals surface area contributed by atoms with E-state index in [9.17, 15) is 27.9 Å². The lowest BCUT2D eigenvalue weighted by molar-refractivity contribution is -0.274. The SMILES string of the molecule is CCCCc1ccc(-c2cc(Cc3cccc(Cl)c3)c3c(NC(=O)c4ccc(OC(F)(F)F)cc4)c(C(=O)O)[nH]c3c2)cc1. The van der Waals surface area contributed by atoms with Crippen LogP contribution < -0.4 is 10.1 Å². The van der Waals surface area contributed by atoms with Crippen LogP contribution in [-0.4, -0.2) is 28.3 Å². The number of aromatic carboxylic acids is 1. The fraction of sp³-hybridized carbons (Fsp3) is 0.176. The van der Waals surface area contributed by atoms with E-state index < -0.39 is 24.0 Å². The number of carboxylic acids is 1. The van der Waals surface area contributed by atoms with Crippen LogP contribution in [0.1, 0.15) is 57.3 Å². The molecule has 0 bridgehead atoms. The molecule has 1 heterocycles. The number of benzene rings is 4. The first kappa shape index (κ1) is 30.7. The van der Waals surface area contributed by atoms with Crippen LogP contribution in [0.25, 0.3) is 22.0 Å². The highest BCUT2D eigenvalue weighted by molar-refractivity contribution is 6.30. The number of carboxylic acid groups (broad SMARTS) is 1. The average Bonchev–Trinajstić information content (AvgIpc) is 3.34. The van der Waals surface area contributed by atoms with Crippen molar-refractivity contribution in [1.29, 1.82) is 0 Å². The summed E-state index contributed by atoms with van der Waals surface area (Å²) in [6.07, 6.45) is -1.33. The number of hydrogen-bond donors (Lipinski definition) is 3. The maximum absolute atomic E-state index is 13.2. The predicted octanol–water partition coefficient (Wildman–Crippen LogP) is 9.27. The zero-order valence-corrected chi connectivity index (χ0v) is 24.4. The Morgan fingerprint density at radius 1 is 0.932 bits per heavy atom. The number of carbonyl (C=O) groups is 2. The van der Waals surface area contributed by atoms with Gasteiger partial charge in [0.05, 0.1) is 5.69 Å². The number of rotatable bonds is 10. The van der Waals surface area contributed by atoms with Crippen LogP contribution in [0.3, 0.4) is 0 Å². The van der Waals surface area contributed by atoms with Gasteiger partial charge in [0.1, 0.15) is 11.4 Å². The van der Waals surface area contributed by atoms with Gasteiger partial charge in [-0.25, -0.2) is 4.79 Å². The lowest BCUT2D eigenvalue weighted by Crippen LogP contribution is -2.17. The molecule has 0 aliphatic heterocycles. The number of ether oxygens (including phenoxy) is 1. The van der Waals surface area contributed by atoms with E-state index in [2.05, 4.69) is 34.1 Å². The summed E-state index contributed by atoms with van der Waals surface area (Å²) in [4.78, 5) is 28.6. The molecule has 0 spiro atoms. The number of halogens is 4. The summed E-state index contributed by atoms with van der Waals surface area (Å²) in [6.45, 7) is 2.15. The summed E-state index contributed by atoms with van der Waals surface area (Å²) in [5.41, 5.74) is 4.97. The highest BCUT2D eigenvalue weighted by Crippen LogP contribution is 2.37. The van der Waals surface area contributed by atoms with Gasteiger partial charge in [-0.15, -0.1) is 13.2 Å². The number of carbonyl (C=O) groups excluding carboxylic acids is 1. The van der Waals surface area contributed by atoms with Crippen LogP contribution in [0, 0.1) is 0 Å². The van der Waals surface area contributed by atoms with Gasteiger partial charge in [0, 0.05) is 21.5 Å². The highest BCUT2D eigenvalue weighted by atomic mass is 35.5. The topological polar surface area (TPSA) is 91.4 Å². The first-order valence-electron chi connectivity index (χ1n) is 13.9. The van der Waals surface area contributed by atoms with E-state index in [4.69, 9.17) is 11.6 Å². The van der Waals surface area contributed by atoms with E-state index in [1.165, 1.54) is 17.7 Å². The molecule has 1 aromatic heterocycles. The lowest BCUT2D eigenvalue weighted by Gasteiger charge is -2.13. The molecule has 10 heteroatoms. The minimum atomic E-state index is -4.88. The molecule has 5 aromatic rings. The number of H-pyrrole nitrogens is 1. The van der Waals surface area contributed by atoms with E-state index in [0.717, 1.165) is 53.6 Å². The maximum Gasteiger partial charge on any atom is 0.573 e. The van der Waals surface area contributed by atoms with Gasteiger partial charge in [-0.05, 0) is 95.6 Å². The molecule has 0 fully saturated rings. The van der Waals surface area contributed by atoms with Crippen molar-refractivity contribution in [1.82, 2.24) is 4.98 Å². The van der Waals surface area contributed by atoms with Crippen LogP contribution in [-0.2, 0) is 12.8 Å². The number of unbranched alkanes of at least 4 members (excludes halogenated alkanes) is 1. The lowest BCUT2D eigenvalue weighted by atomic mass is 9.94. The second kappa shape index (κ2) is 12.9. The molecule has 4 aromatic carbocycles. The largest absolute Gasteiger partial charge is 0.573 e. The van der Waals surface area contributed by atoms with Gasteiger partial charge < -0.3 is 20.1 Å². The number of anilines is 1. The Morgan fingerprint density at radius 2 is 1.66 bits per heavy atom. The van der Waals surface area contributed by atoms with Crippen molar-refractivity contribution in [2.45, 2.75) is 39.0 Å². The van der Waals surface area contributed by atoms with Crippen molar-refractivity contribution >= 4 is 40.1 Å². The number of amides is 1. The van der Waals surface area contributed by atoms with Gasteiger partial charge >= 0.3 is 12.3 Å². The second-order valence-corrected chi connectivity index (χ2v) is 10.8. The van der Waals surface area contributed by atoms with Crippen LogP contribution in [0.4, 0.5) is 18.9 Å². The standard InChI is InChI=1S/C34H28ClF3N2O4/c1-2-3-5-20-8-10-22(11-9-20)24-18-25(16-21-6-4-7-26(35)17-21)29-28(19-24)39-31(33(42)43)30(29)40-32(41)23-12-14-27(15-13-23)44-34(36,37)38/h4,6-15,17-19,39H,2-3,5,16H2,1H3,(H,40,41)(H,42,43). The zero-order valence-electron chi connectivity index (χ0n) is 23.6. The van der Waals surface area contributed by atoms with Crippen LogP contribution in [0.2, 0.25) is 5.02 Å². The fourth-order valence-corrected chi connectivity index (χ4v) is 5.33. The molecule has 1 amide bonds. The number of hydrogen-bond acceptors (Lipinski definition) is 3. The Morgan fingerprint density at radius 3 is 2.30 bits per heavy atom. The Kier molecular flexibility index (Phi) is 8.96. The van der Waals surface area contributed by atoms with Crippen molar-refractivity contribution in [2.24, 2.45) is 0 Å². The van der Waals surface area contributed by atoms with E-state index in [-0.39, 0.29) is 16.9 Å². The molecular weight excluding hydrogens is 593 g/mol. The summed E-state index contributed by atoms with van der Waals surface area (Å²) >= 11 is 6.26. The molecule has 0 atom stereocenters. The van der Waals surface area contributed by atoms with Gasteiger partial charge in [0.25, 0.3) is 5.91 Å². The van der Waals surface area contributed by atoms with Gasteiger partial charge in [-0.1, -0.05) is 61.3 Å². The highest BCUT2D eigenvalue weighted by Gasteiger charge is 2.31. The van der Waals surface area contributed by atoms with Gasteiger partial charge in [-0.2, -0.15) is 0 Å². The van der Waals surface area contributed by atoms with E-state index in [1.807, 2.05) is 42.5 Å². The fourth-order valence-electron chi connectivity index (χ4n) is 5.11. The van der Waals surface area contributed by atoms with Crippen molar-refractivity contribution in [2.75, 3.05) is 5.32 Å². The third-order valence-corrected chi connectivity index (χ3v) is 7.41. The summed E-state index contributed by atoms with van der Waals surface area (Å²) < 4.78 is 41.6. The number of nitrogens with one attached hydrogen (secondary N) is 2. The molecule has 226 valence electrons. The van der Waals surface area contributed by atoms with Gasteiger partial charge in [-0.3, -0.25) is 4.79 Å². The molecule has 6 nitrogen and oxygen atoms in total. The number of aromatic nitrogens is 1. The number of fused-ring (bicyclic) bond motifs is 1. The zero-order chi connectivity index (χ0) is 31.4. The van der Waals surface area contributed by atoms with Gasteiger partial charge in [0.2, 0.25) is 0 Å². The normalized spacial score (nSPS) is 11.5. The Bertz CT molecular complexity index is 1810. The summed E-state index contributed by atoms with van der Waals surface area (Å²) in [6, 6.07) is 23.7.